The van der Waals surface area contributed by atoms with Crippen LogP contribution < -0.4 is 5.32 Å². The maximum atomic E-state index is 5.44. The van der Waals surface area contributed by atoms with E-state index in [2.05, 4.69) is 29.5 Å². The molecule has 1 aromatic rings. The average Bonchev–Trinajstić information content (AvgIpc) is 2.71. The van der Waals surface area contributed by atoms with Crippen LogP contribution in [0.1, 0.15) is 32.4 Å². The largest absolute Gasteiger partial charge is 0.380 e. The molecular weight excluding hydrogens is 208 g/mol. The van der Waals surface area contributed by atoms with Gasteiger partial charge in [0.1, 0.15) is 0 Å². The Morgan fingerprint density at radius 2 is 2.27 bits per heavy atom. The van der Waals surface area contributed by atoms with Gasteiger partial charge in [0.25, 0.3) is 0 Å². The van der Waals surface area contributed by atoms with Crippen LogP contribution in [-0.2, 0) is 11.2 Å². The lowest BCUT2D eigenvalue weighted by Crippen LogP contribution is -2.09. The molecule has 1 N–H and O–H groups in total. The molecule has 0 aliphatic heterocycles. The summed E-state index contributed by atoms with van der Waals surface area (Å²) < 4.78 is 5.44. The van der Waals surface area contributed by atoms with Crippen molar-refractivity contribution in [2.75, 3.05) is 25.1 Å². The summed E-state index contributed by atoms with van der Waals surface area (Å²) in [6.07, 6.45) is 3.35. The van der Waals surface area contributed by atoms with Gasteiger partial charge in [-0.2, -0.15) is 0 Å². The zero-order valence-electron chi connectivity index (χ0n) is 9.58. The molecule has 1 rings (SSSR count). The van der Waals surface area contributed by atoms with Gasteiger partial charge in [0.05, 0.1) is 12.3 Å². The van der Waals surface area contributed by atoms with Crippen molar-refractivity contribution in [2.24, 2.45) is 0 Å². The lowest BCUT2D eigenvalue weighted by molar-refractivity contribution is 0.141. The van der Waals surface area contributed by atoms with Gasteiger partial charge >= 0.3 is 0 Å². The van der Waals surface area contributed by atoms with E-state index in [9.17, 15) is 0 Å². The van der Waals surface area contributed by atoms with E-state index in [4.69, 9.17) is 4.74 Å². The molecule has 0 amide bonds. The van der Waals surface area contributed by atoms with Crippen LogP contribution in [0.15, 0.2) is 5.38 Å². The quantitative estimate of drug-likeness (QED) is 0.695. The van der Waals surface area contributed by atoms with Crippen molar-refractivity contribution in [3.05, 3.63) is 11.1 Å². The number of hydrogen-bond donors (Lipinski definition) is 1. The minimum absolute atomic E-state index is 0.765. The van der Waals surface area contributed by atoms with Crippen LogP contribution in [0.25, 0.3) is 0 Å². The first kappa shape index (κ1) is 12.5. The van der Waals surface area contributed by atoms with E-state index in [0.29, 0.717) is 0 Å². The van der Waals surface area contributed by atoms with Crippen molar-refractivity contribution in [3.63, 3.8) is 0 Å². The summed E-state index contributed by atoms with van der Waals surface area (Å²) in [6, 6.07) is 0. The van der Waals surface area contributed by atoms with Gasteiger partial charge in [0.15, 0.2) is 5.13 Å². The van der Waals surface area contributed by atoms with Gasteiger partial charge in [0.2, 0.25) is 0 Å². The Balaban J connectivity index is 2.04. The SMILES string of the molecule is CCCCOCCNc1nc(CC)cs1. The minimum Gasteiger partial charge on any atom is -0.380 e. The topological polar surface area (TPSA) is 34.1 Å². The molecule has 0 atom stereocenters. The molecule has 0 fully saturated rings. The number of anilines is 1. The van der Waals surface area contributed by atoms with Crippen molar-refractivity contribution in [1.82, 2.24) is 4.98 Å². The Morgan fingerprint density at radius 1 is 1.40 bits per heavy atom. The van der Waals surface area contributed by atoms with Gasteiger partial charge in [-0.3, -0.25) is 0 Å². The highest BCUT2D eigenvalue weighted by Gasteiger charge is 1.98. The number of unbranched alkanes of at least 4 members (excludes halogenated alkanes) is 1. The third-order valence-corrected chi connectivity index (χ3v) is 2.93. The van der Waals surface area contributed by atoms with Crippen LogP contribution in [-0.4, -0.2) is 24.7 Å². The van der Waals surface area contributed by atoms with Crippen molar-refractivity contribution in [2.45, 2.75) is 33.1 Å². The first-order valence-electron chi connectivity index (χ1n) is 5.62. The van der Waals surface area contributed by atoms with Gasteiger partial charge in [-0.1, -0.05) is 20.3 Å². The monoisotopic (exact) mass is 228 g/mol. The zero-order chi connectivity index (χ0) is 10.9. The van der Waals surface area contributed by atoms with Crippen LogP contribution in [0, 0.1) is 0 Å². The van der Waals surface area contributed by atoms with Gasteiger partial charge in [-0.05, 0) is 12.8 Å². The molecule has 0 unspecified atom stereocenters. The molecule has 0 aliphatic rings. The average molecular weight is 228 g/mol. The molecule has 0 spiro atoms. The Labute approximate surface area is 95.9 Å². The minimum atomic E-state index is 0.765. The molecule has 1 heterocycles. The predicted octanol–water partition coefficient (Wildman–Crippen LogP) is 2.93. The molecule has 15 heavy (non-hydrogen) atoms. The molecule has 0 radical (unpaired) electrons. The molecule has 0 bridgehead atoms. The molecule has 0 saturated heterocycles. The standard InChI is InChI=1S/C11H20N2OS/c1-3-5-7-14-8-6-12-11-13-10(4-2)9-15-11/h9H,3-8H2,1-2H3,(H,12,13). The van der Waals surface area contributed by atoms with Crippen LogP contribution in [0.5, 0.6) is 0 Å². The first-order chi connectivity index (χ1) is 7.36. The summed E-state index contributed by atoms with van der Waals surface area (Å²) in [5.74, 6) is 0. The van der Waals surface area contributed by atoms with E-state index < -0.39 is 0 Å². The first-order valence-corrected chi connectivity index (χ1v) is 6.50. The summed E-state index contributed by atoms with van der Waals surface area (Å²) in [6.45, 7) is 6.77. The summed E-state index contributed by atoms with van der Waals surface area (Å²) in [5.41, 5.74) is 1.16. The van der Waals surface area contributed by atoms with Crippen molar-refractivity contribution in [3.8, 4) is 0 Å². The fourth-order valence-corrected chi connectivity index (χ4v) is 1.95. The predicted molar refractivity (Wildman–Crippen MR) is 65.7 cm³/mol. The molecule has 1 aromatic heterocycles. The number of nitrogens with zero attached hydrogens (tertiary/aromatic N) is 1. The van der Waals surface area contributed by atoms with E-state index >= 15 is 0 Å². The Bertz CT molecular complexity index is 263. The second-order valence-electron chi connectivity index (χ2n) is 3.39. The van der Waals surface area contributed by atoms with Gasteiger partial charge in [-0.25, -0.2) is 4.98 Å². The van der Waals surface area contributed by atoms with E-state index in [1.807, 2.05) is 0 Å². The fourth-order valence-electron chi connectivity index (χ4n) is 1.13. The van der Waals surface area contributed by atoms with E-state index in [1.54, 1.807) is 11.3 Å². The van der Waals surface area contributed by atoms with Gasteiger partial charge in [-0.15, -0.1) is 11.3 Å². The Kier molecular flexibility index (Phi) is 6.36. The van der Waals surface area contributed by atoms with E-state index in [0.717, 1.165) is 43.4 Å². The molecule has 3 nitrogen and oxygen atoms in total. The Hall–Kier alpha value is -0.610. The fraction of sp³-hybridized carbons (Fsp3) is 0.727. The van der Waals surface area contributed by atoms with Crippen molar-refractivity contribution in [1.29, 1.82) is 0 Å². The van der Waals surface area contributed by atoms with E-state index in [1.165, 1.54) is 6.42 Å². The maximum absolute atomic E-state index is 5.44. The van der Waals surface area contributed by atoms with Gasteiger partial charge in [0, 0.05) is 18.5 Å². The number of thiazole rings is 1. The van der Waals surface area contributed by atoms with Gasteiger partial charge < -0.3 is 10.1 Å². The van der Waals surface area contributed by atoms with Crippen LogP contribution in [0.3, 0.4) is 0 Å². The lowest BCUT2D eigenvalue weighted by atomic mass is 10.4. The second-order valence-corrected chi connectivity index (χ2v) is 4.25. The van der Waals surface area contributed by atoms with Crippen molar-refractivity contribution >= 4 is 16.5 Å². The van der Waals surface area contributed by atoms with Crippen LogP contribution in [0.2, 0.25) is 0 Å². The number of aryl methyl sites for hydroxylation is 1. The third-order valence-electron chi connectivity index (χ3n) is 2.08. The number of rotatable bonds is 8. The summed E-state index contributed by atoms with van der Waals surface area (Å²) in [7, 11) is 0. The highest BCUT2D eigenvalue weighted by molar-refractivity contribution is 7.13. The zero-order valence-corrected chi connectivity index (χ0v) is 10.4. The van der Waals surface area contributed by atoms with E-state index in [-0.39, 0.29) is 0 Å². The molecule has 0 saturated carbocycles. The molecule has 0 aliphatic carbocycles. The highest BCUT2D eigenvalue weighted by atomic mass is 32.1. The smallest absolute Gasteiger partial charge is 0.182 e. The number of aromatic nitrogens is 1. The number of hydrogen-bond acceptors (Lipinski definition) is 4. The number of ether oxygens (including phenoxy) is 1. The number of nitrogens with one attached hydrogen (secondary N) is 1. The third kappa shape index (κ3) is 5.14. The Morgan fingerprint density at radius 3 is 2.93 bits per heavy atom. The van der Waals surface area contributed by atoms with Crippen molar-refractivity contribution < 1.29 is 4.74 Å². The second kappa shape index (κ2) is 7.65. The van der Waals surface area contributed by atoms with Crippen LogP contribution in [0.4, 0.5) is 5.13 Å². The molecule has 4 heteroatoms. The molecular formula is C11H20N2OS. The molecule has 86 valence electrons. The lowest BCUT2D eigenvalue weighted by Gasteiger charge is -2.03. The highest BCUT2D eigenvalue weighted by Crippen LogP contribution is 2.14. The van der Waals surface area contributed by atoms with Crippen LogP contribution >= 0.6 is 11.3 Å². The maximum Gasteiger partial charge on any atom is 0.182 e. The summed E-state index contributed by atoms with van der Waals surface area (Å²) in [5, 5.41) is 6.36. The summed E-state index contributed by atoms with van der Waals surface area (Å²) >= 11 is 1.66. The summed E-state index contributed by atoms with van der Waals surface area (Å²) in [4.78, 5) is 4.41. The molecule has 0 aromatic carbocycles. The normalized spacial score (nSPS) is 10.5.